The summed E-state index contributed by atoms with van der Waals surface area (Å²) in [5.41, 5.74) is 4.07. The van der Waals surface area contributed by atoms with Crippen molar-refractivity contribution in [1.82, 2.24) is 14.8 Å². The minimum absolute atomic E-state index is 0.111. The maximum atomic E-state index is 12.5. The predicted molar refractivity (Wildman–Crippen MR) is 141 cm³/mol. The van der Waals surface area contributed by atoms with E-state index >= 15 is 0 Å². The van der Waals surface area contributed by atoms with Crippen LogP contribution in [0.3, 0.4) is 0 Å². The van der Waals surface area contributed by atoms with Crippen LogP contribution in [0.15, 0.2) is 77.8 Å². The average molecular weight is 491 g/mol. The molecule has 2 heterocycles. The number of hydrogen-bond donors (Lipinski definition) is 1. The number of nitrogens with zero attached hydrogens (tertiary/aromatic N) is 3. The van der Waals surface area contributed by atoms with Gasteiger partial charge < -0.3 is 10.1 Å². The van der Waals surface area contributed by atoms with E-state index in [-0.39, 0.29) is 11.7 Å². The molecular formula is C26H26N4O2S2. The van der Waals surface area contributed by atoms with Crippen molar-refractivity contribution in [2.75, 3.05) is 17.7 Å². The quantitative estimate of drug-likeness (QED) is 0.209. The number of allylic oxidation sites excluding steroid dienone is 1. The van der Waals surface area contributed by atoms with Crippen LogP contribution < -0.4 is 10.1 Å². The fraction of sp³-hybridized carbons (Fsp3) is 0.192. The standard InChI is InChI=1S/C26H26N4O2S2/c1-4-15-30-25(22-16-33-18(3)24(22)19-9-7-6-8-10-19)28-29-26(30)34-17-23(31)27-20-11-13-21(14-12-20)32-5-2/h4,6-14,16H,1,5,15,17H2,2-3H3,(H,27,31). The lowest BCUT2D eigenvalue weighted by Gasteiger charge is -2.10. The Morgan fingerprint density at radius 2 is 1.94 bits per heavy atom. The van der Waals surface area contributed by atoms with Gasteiger partial charge in [-0.1, -0.05) is 48.2 Å². The van der Waals surface area contributed by atoms with Gasteiger partial charge in [0, 0.05) is 33.6 Å². The number of carbonyl (C=O) groups excluding carboxylic acids is 1. The van der Waals surface area contributed by atoms with Gasteiger partial charge in [-0.05, 0) is 43.7 Å². The Hall–Kier alpha value is -3.36. The van der Waals surface area contributed by atoms with E-state index in [1.807, 2.05) is 60.0 Å². The smallest absolute Gasteiger partial charge is 0.234 e. The minimum atomic E-state index is -0.111. The topological polar surface area (TPSA) is 69.0 Å². The first kappa shape index (κ1) is 23.8. The molecule has 0 saturated heterocycles. The molecule has 1 amide bonds. The van der Waals surface area contributed by atoms with Gasteiger partial charge in [-0.2, -0.15) is 0 Å². The molecule has 1 N–H and O–H groups in total. The molecule has 4 aromatic rings. The normalized spacial score (nSPS) is 10.8. The van der Waals surface area contributed by atoms with Gasteiger partial charge in [-0.3, -0.25) is 9.36 Å². The number of thiophene rings is 1. The minimum Gasteiger partial charge on any atom is -0.494 e. The Morgan fingerprint density at radius 3 is 2.65 bits per heavy atom. The van der Waals surface area contributed by atoms with Crippen molar-refractivity contribution in [3.05, 3.63) is 77.5 Å². The molecular weight excluding hydrogens is 464 g/mol. The number of amides is 1. The summed E-state index contributed by atoms with van der Waals surface area (Å²) in [6, 6.07) is 17.6. The third-order valence-corrected chi connectivity index (χ3v) is 6.97. The number of hydrogen-bond acceptors (Lipinski definition) is 6. The van der Waals surface area contributed by atoms with E-state index in [2.05, 4.69) is 46.5 Å². The van der Waals surface area contributed by atoms with Crippen molar-refractivity contribution in [1.29, 1.82) is 0 Å². The molecule has 0 radical (unpaired) electrons. The molecule has 0 aliphatic carbocycles. The van der Waals surface area contributed by atoms with Gasteiger partial charge in [-0.25, -0.2) is 0 Å². The number of aryl methyl sites for hydroxylation is 1. The molecule has 0 spiro atoms. The van der Waals surface area contributed by atoms with Gasteiger partial charge in [0.1, 0.15) is 5.75 Å². The van der Waals surface area contributed by atoms with Crippen LogP contribution in [-0.4, -0.2) is 33.0 Å². The second kappa shape index (κ2) is 11.2. The lowest BCUT2D eigenvalue weighted by atomic mass is 10.0. The number of benzene rings is 2. The van der Waals surface area contributed by atoms with E-state index < -0.39 is 0 Å². The van der Waals surface area contributed by atoms with Gasteiger partial charge in [0.15, 0.2) is 11.0 Å². The van der Waals surface area contributed by atoms with E-state index in [1.165, 1.54) is 16.6 Å². The monoisotopic (exact) mass is 490 g/mol. The molecule has 2 aromatic carbocycles. The molecule has 0 aliphatic heterocycles. The van der Waals surface area contributed by atoms with Gasteiger partial charge in [-0.15, -0.1) is 28.1 Å². The Morgan fingerprint density at radius 1 is 1.18 bits per heavy atom. The van der Waals surface area contributed by atoms with E-state index in [9.17, 15) is 4.79 Å². The van der Waals surface area contributed by atoms with E-state index in [0.29, 0.717) is 18.3 Å². The Kier molecular flexibility index (Phi) is 7.82. The van der Waals surface area contributed by atoms with Crippen LogP contribution in [0.1, 0.15) is 11.8 Å². The van der Waals surface area contributed by atoms with Crippen LogP contribution in [0, 0.1) is 6.92 Å². The highest BCUT2D eigenvalue weighted by atomic mass is 32.2. The van der Waals surface area contributed by atoms with Crippen LogP contribution in [0.25, 0.3) is 22.5 Å². The number of rotatable bonds is 10. The summed E-state index contributed by atoms with van der Waals surface area (Å²) in [6.07, 6.45) is 1.82. The molecule has 0 atom stereocenters. The molecule has 0 aliphatic rings. The first-order chi connectivity index (χ1) is 16.6. The SMILES string of the molecule is C=CCn1c(SCC(=O)Nc2ccc(OCC)cc2)nnc1-c1csc(C)c1-c1ccccc1. The van der Waals surface area contributed by atoms with E-state index in [0.717, 1.165) is 34.0 Å². The van der Waals surface area contributed by atoms with Crippen LogP contribution in [0.5, 0.6) is 5.75 Å². The van der Waals surface area contributed by atoms with Crippen molar-refractivity contribution >= 4 is 34.7 Å². The third kappa shape index (κ3) is 5.40. The summed E-state index contributed by atoms with van der Waals surface area (Å²) < 4.78 is 7.45. The largest absolute Gasteiger partial charge is 0.494 e. The van der Waals surface area contributed by atoms with Gasteiger partial charge in [0.25, 0.3) is 0 Å². The van der Waals surface area contributed by atoms with Gasteiger partial charge in [0.2, 0.25) is 5.91 Å². The second-order valence-electron chi connectivity index (χ2n) is 7.45. The second-order valence-corrected chi connectivity index (χ2v) is 9.47. The number of nitrogens with one attached hydrogen (secondary N) is 1. The zero-order valence-electron chi connectivity index (χ0n) is 19.2. The van der Waals surface area contributed by atoms with Crippen LogP contribution in [0.2, 0.25) is 0 Å². The maximum absolute atomic E-state index is 12.5. The van der Waals surface area contributed by atoms with Crippen molar-refractivity contribution in [3.63, 3.8) is 0 Å². The molecule has 0 saturated carbocycles. The van der Waals surface area contributed by atoms with Gasteiger partial charge in [0.05, 0.1) is 12.4 Å². The lowest BCUT2D eigenvalue weighted by molar-refractivity contribution is -0.113. The molecule has 174 valence electrons. The molecule has 6 nitrogen and oxygen atoms in total. The summed E-state index contributed by atoms with van der Waals surface area (Å²) in [5.74, 6) is 1.66. The molecule has 0 bridgehead atoms. The first-order valence-electron chi connectivity index (χ1n) is 10.9. The number of carbonyl (C=O) groups is 1. The molecule has 2 aromatic heterocycles. The summed E-state index contributed by atoms with van der Waals surface area (Å²) >= 11 is 3.05. The maximum Gasteiger partial charge on any atom is 0.234 e. The van der Waals surface area contributed by atoms with Crippen LogP contribution in [0.4, 0.5) is 5.69 Å². The zero-order chi connectivity index (χ0) is 23.9. The lowest BCUT2D eigenvalue weighted by Crippen LogP contribution is -2.14. The molecule has 8 heteroatoms. The highest BCUT2D eigenvalue weighted by molar-refractivity contribution is 7.99. The van der Waals surface area contributed by atoms with Crippen LogP contribution in [-0.2, 0) is 11.3 Å². The highest BCUT2D eigenvalue weighted by Gasteiger charge is 2.20. The molecule has 0 fully saturated rings. The summed E-state index contributed by atoms with van der Waals surface area (Å²) in [7, 11) is 0. The highest BCUT2D eigenvalue weighted by Crippen LogP contribution is 2.39. The predicted octanol–water partition coefficient (Wildman–Crippen LogP) is 6.30. The number of thioether (sulfide) groups is 1. The molecule has 4 rings (SSSR count). The number of anilines is 1. The fourth-order valence-corrected chi connectivity index (χ4v) is 5.21. The Bertz CT molecular complexity index is 1260. The Balaban J connectivity index is 1.51. The van der Waals surface area contributed by atoms with E-state index in [4.69, 9.17) is 4.74 Å². The summed E-state index contributed by atoms with van der Waals surface area (Å²) in [4.78, 5) is 13.8. The zero-order valence-corrected chi connectivity index (χ0v) is 20.8. The first-order valence-corrected chi connectivity index (χ1v) is 12.8. The molecule has 34 heavy (non-hydrogen) atoms. The number of ether oxygens (including phenoxy) is 1. The average Bonchev–Trinajstić information content (AvgIpc) is 3.43. The van der Waals surface area contributed by atoms with Crippen LogP contribution >= 0.6 is 23.1 Å². The summed E-state index contributed by atoms with van der Waals surface area (Å²) in [5, 5.41) is 14.6. The molecule has 0 unspecified atom stereocenters. The van der Waals surface area contributed by atoms with Gasteiger partial charge >= 0.3 is 0 Å². The van der Waals surface area contributed by atoms with Crippen molar-refractivity contribution in [3.8, 4) is 28.3 Å². The Labute approximate surface area is 207 Å². The third-order valence-electron chi connectivity index (χ3n) is 5.09. The fourth-order valence-electron chi connectivity index (χ4n) is 3.60. The van der Waals surface area contributed by atoms with Crippen molar-refractivity contribution < 1.29 is 9.53 Å². The van der Waals surface area contributed by atoms with Crippen molar-refractivity contribution in [2.45, 2.75) is 25.5 Å². The van der Waals surface area contributed by atoms with E-state index in [1.54, 1.807) is 11.3 Å². The number of aromatic nitrogens is 3. The van der Waals surface area contributed by atoms with Crippen molar-refractivity contribution in [2.24, 2.45) is 0 Å². The summed E-state index contributed by atoms with van der Waals surface area (Å²) in [6.45, 7) is 9.10.